The Bertz CT molecular complexity index is 581. The van der Waals surface area contributed by atoms with Crippen LogP contribution < -0.4 is 5.32 Å². The molecule has 1 aromatic rings. The van der Waals surface area contributed by atoms with Gasteiger partial charge in [0.1, 0.15) is 0 Å². The zero-order valence-corrected chi connectivity index (χ0v) is 12.4. The molecule has 4 rings (SSSR count). The summed E-state index contributed by atoms with van der Waals surface area (Å²) < 4.78 is 0. The molecule has 0 spiro atoms. The van der Waals surface area contributed by atoms with E-state index < -0.39 is 17.8 Å². The second-order valence-electron chi connectivity index (χ2n) is 6.21. The third-order valence-corrected chi connectivity index (χ3v) is 4.89. The lowest BCUT2D eigenvalue weighted by Gasteiger charge is -2.41. The van der Waals surface area contributed by atoms with Gasteiger partial charge >= 0.3 is 5.97 Å². The van der Waals surface area contributed by atoms with E-state index in [1.807, 2.05) is 42.5 Å². The van der Waals surface area contributed by atoms with Gasteiger partial charge in [-0.2, -0.15) is 0 Å². The molecule has 4 heteroatoms. The van der Waals surface area contributed by atoms with E-state index in [2.05, 4.69) is 5.32 Å². The maximum absolute atomic E-state index is 12.5. The van der Waals surface area contributed by atoms with Gasteiger partial charge in [-0.15, -0.1) is 0 Å². The minimum absolute atomic E-state index is 0.00683. The van der Waals surface area contributed by atoms with Crippen molar-refractivity contribution in [3.8, 4) is 0 Å². The average Bonchev–Trinajstić information content (AvgIpc) is 2.55. The van der Waals surface area contributed by atoms with Gasteiger partial charge in [-0.3, -0.25) is 9.59 Å². The topological polar surface area (TPSA) is 66.4 Å². The molecule has 0 aliphatic heterocycles. The second-order valence-corrected chi connectivity index (χ2v) is 6.21. The van der Waals surface area contributed by atoms with Crippen molar-refractivity contribution in [3.63, 3.8) is 0 Å². The Hall–Kier alpha value is -2.10. The number of allylic oxidation sites excluding steroid dienone is 2. The van der Waals surface area contributed by atoms with Crippen molar-refractivity contribution >= 4 is 11.9 Å². The third kappa shape index (κ3) is 2.91. The number of carboxylic acid groups (broad SMARTS) is 1. The number of rotatable bonds is 5. The van der Waals surface area contributed by atoms with Crippen LogP contribution >= 0.6 is 0 Å². The highest BCUT2D eigenvalue weighted by molar-refractivity contribution is 5.86. The molecule has 2 N–H and O–H groups in total. The molecule has 116 valence electrons. The minimum Gasteiger partial charge on any atom is -0.481 e. The summed E-state index contributed by atoms with van der Waals surface area (Å²) in [6.45, 7) is 0.548. The molecule has 0 aromatic heterocycles. The lowest BCUT2D eigenvalue weighted by molar-refractivity contribution is -0.152. The van der Waals surface area contributed by atoms with Crippen LogP contribution in [0.15, 0.2) is 42.5 Å². The molecule has 0 radical (unpaired) electrons. The van der Waals surface area contributed by atoms with E-state index in [0.29, 0.717) is 6.54 Å². The van der Waals surface area contributed by atoms with Crippen molar-refractivity contribution in [1.29, 1.82) is 0 Å². The first-order chi connectivity index (χ1) is 10.7. The number of carbonyl (C=O) groups is 2. The van der Waals surface area contributed by atoms with E-state index in [0.717, 1.165) is 19.3 Å². The number of hydrogen-bond acceptors (Lipinski definition) is 2. The number of carboxylic acids is 1. The van der Waals surface area contributed by atoms with Gasteiger partial charge in [-0.25, -0.2) is 0 Å². The van der Waals surface area contributed by atoms with Crippen LogP contribution in [-0.4, -0.2) is 23.5 Å². The van der Waals surface area contributed by atoms with Crippen molar-refractivity contribution in [1.82, 2.24) is 5.32 Å². The number of benzene rings is 1. The van der Waals surface area contributed by atoms with Crippen LogP contribution in [0, 0.1) is 23.7 Å². The van der Waals surface area contributed by atoms with Crippen LogP contribution in [0.4, 0.5) is 0 Å². The summed E-state index contributed by atoms with van der Waals surface area (Å²) >= 11 is 0. The van der Waals surface area contributed by atoms with Crippen molar-refractivity contribution in [2.45, 2.75) is 19.3 Å². The molecule has 1 fully saturated rings. The van der Waals surface area contributed by atoms with E-state index in [1.54, 1.807) is 0 Å². The number of fused-ring (bicyclic) bond motifs is 2. The molecule has 1 saturated carbocycles. The minimum atomic E-state index is -0.845. The highest BCUT2D eigenvalue weighted by Crippen LogP contribution is 2.44. The maximum atomic E-state index is 12.5. The lowest BCUT2D eigenvalue weighted by Crippen LogP contribution is -2.49. The number of aliphatic carboxylic acids is 1. The lowest BCUT2D eigenvalue weighted by atomic mass is 9.62. The summed E-state index contributed by atoms with van der Waals surface area (Å²) in [6.07, 6.45) is 6.59. The van der Waals surface area contributed by atoms with Crippen LogP contribution in [0.25, 0.3) is 0 Å². The summed E-state index contributed by atoms with van der Waals surface area (Å²) in [5.74, 6) is -1.86. The van der Waals surface area contributed by atoms with E-state index in [-0.39, 0.29) is 17.7 Å². The van der Waals surface area contributed by atoms with Gasteiger partial charge in [0.15, 0.2) is 0 Å². The molecule has 4 unspecified atom stereocenters. The molecule has 22 heavy (non-hydrogen) atoms. The summed E-state index contributed by atoms with van der Waals surface area (Å²) in [5.41, 5.74) is 1.17. The number of hydrogen-bond donors (Lipinski definition) is 2. The first-order valence-electron chi connectivity index (χ1n) is 7.89. The fraction of sp³-hybridized carbons (Fsp3) is 0.444. The molecule has 2 bridgehead atoms. The van der Waals surface area contributed by atoms with Gasteiger partial charge in [-0.05, 0) is 36.7 Å². The third-order valence-electron chi connectivity index (χ3n) is 4.89. The maximum Gasteiger partial charge on any atom is 0.307 e. The quantitative estimate of drug-likeness (QED) is 0.820. The van der Waals surface area contributed by atoms with Gasteiger partial charge in [0.25, 0.3) is 0 Å². The average molecular weight is 299 g/mol. The fourth-order valence-electron chi connectivity index (χ4n) is 3.78. The Labute approximate surface area is 130 Å². The molecule has 1 amide bonds. The molecular formula is C18H21NO3. The standard InChI is InChI=1S/C18H21NO3/c20-17(19-11-10-12-4-2-1-3-5-12)15-13-6-8-14(9-7-13)16(15)18(21)22/h1-6,8,13-16H,7,9-11H2,(H,19,20)(H,21,22). The second kappa shape index (κ2) is 6.34. The normalized spacial score (nSPS) is 29.3. The summed E-state index contributed by atoms with van der Waals surface area (Å²) in [4.78, 5) is 24.0. The number of nitrogens with one attached hydrogen (secondary N) is 1. The molecular weight excluding hydrogens is 278 g/mol. The highest BCUT2D eigenvalue weighted by Gasteiger charge is 2.47. The van der Waals surface area contributed by atoms with Crippen LogP contribution in [0.3, 0.4) is 0 Å². The first-order valence-corrected chi connectivity index (χ1v) is 7.89. The van der Waals surface area contributed by atoms with E-state index >= 15 is 0 Å². The highest BCUT2D eigenvalue weighted by atomic mass is 16.4. The molecule has 4 nitrogen and oxygen atoms in total. The number of carbonyl (C=O) groups excluding carboxylic acids is 1. The number of amides is 1. The molecule has 3 aliphatic carbocycles. The Morgan fingerprint density at radius 2 is 1.68 bits per heavy atom. The molecule has 1 aromatic carbocycles. The molecule has 4 atom stereocenters. The van der Waals surface area contributed by atoms with E-state index in [4.69, 9.17) is 0 Å². The van der Waals surface area contributed by atoms with Crippen LogP contribution in [0.2, 0.25) is 0 Å². The Balaban J connectivity index is 1.61. The van der Waals surface area contributed by atoms with Gasteiger partial charge < -0.3 is 10.4 Å². The van der Waals surface area contributed by atoms with Crippen molar-refractivity contribution < 1.29 is 14.7 Å². The van der Waals surface area contributed by atoms with Crippen LogP contribution in [0.1, 0.15) is 18.4 Å². The Kier molecular flexibility index (Phi) is 4.27. The van der Waals surface area contributed by atoms with E-state index in [1.165, 1.54) is 5.56 Å². The molecule has 0 saturated heterocycles. The van der Waals surface area contributed by atoms with Crippen molar-refractivity contribution in [2.24, 2.45) is 23.7 Å². The summed E-state index contributed by atoms with van der Waals surface area (Å²) in [6, 6.07) is 9.96. The van der Waals surface area contributed by atoms with Crippen LogP contribution in [0.5, 0.6) is 0 Å². The first kappa shape index (κ1) is 14.8. The smallest absolute Gasteiger partial charge is 0.307 e. The fourth-order valence-corrected chi connectivity index (χ4v) is 3.78. The largest absolute Gasteiger partial charge is 0.481 e. The van der Waals surface area contributed by atoms with Crippen molar-refractivity contribution in [2.75, 3.05) is 6.54 Å². The zero-order chi connectivity index (χ0) is 15.5. The molecule has 0 heterocycles. The van der Waals surface area contributed by atoms with Crippen molar-refractivity contribution in [3.05, 3.63) is 48.0 Å². The van der Waals surface area contributed by atoms with Crippen LogP contribution in [-0.2, 0) is 16.0 Å². The zero-order valence-electron chi connectivity index (χ0n) is 12.4. The summed E-state index contributed by atoms with van der Waals surface area (Å²) in [7, 11) is 0. The van der Waals surface area contributed by atoms with Gasteiger partial charge in [0.05, 0.1) is 11.8 Å². The van der Waals surface area contributed by atoms with Gasteiger partial charge in [0, 0.05) is 6.54 Å². The SMILES string of the molecule is O=C(O)C1C2C=CC(CC2)C1C(=O)NCCc1ccccc1. The Morgan fingerprint density at radius 3 is 2.27 bits per heavy atom. The molecule has 3 aliphatic rings. The summed E-state index contributed by atoms with van der Waals surface area (Å²) in [5, 5.41) is 12.4. The predicted molar refractivity (Wildman–Crippen MR) is 83.1 cm³/mol. The van der Waals surface area contributed by atoms with E-state index in [9.17, 15) is 14.7 Å². The van der Waals surface area contributed by atoms with Gasteiger partial charge in [0.2, 0.25) is 5.91 Å². The Morgan fingerprint density at radius 1 is 1.05 bits per heavy atom. The van der Waals surface area contributed by atoms with Gasteiger partial charge in [-0.1, -0.05) is 42.5 Å². The monoisotopic (exact) mass is 299 g/mol. The predicted octanol–water partition coefficient (Wildman–Crippen LogP) is 2.26.